The van der Waals surface area contributed by atoms with Crippen LogP contribution < -0.4 is 5.32 Å². The van der Waals surface area contributed by atoms with E-state index in [1.165, 1.54) is 6.92 Å². The number of hydrogen-bond donors (Lipinski definition) is 1. The Morgan fingerprint density at radius 3 is 2.71 bits per heavy atom. The van der Waals surface area contributed by atoms with Gasteiger partial charge in [-0.05, 0) is 42.9 Å². The first kappa shape index (κ1) is 19.3. The number of halogens is 1. The molecule has 1 amide bonds. The highest BCUT2D eigenvalue weighted by Gasteiger charge is 2.33. The first-order valence-electron chi connectivity index (χ1n) is 8.47. The SMILES string of the molecule is CC1CCCC(NC(=O)C(C)S(=O)(=O)Cc2cccc(Cl)c2)C1C. The van der Waals surface area contributed by atoms with Gasteiger partial charge in [0.1, 0.15) is 5.25 Å². The molecule has 1 aromatic carbocycles. The van der Waals surface area contributed by atoms with Crippen LogP contribution in [0.4, 0.5) is 0 Å². The number of nitrogens with one attached hydrogen (secondary N) is 1. The average Bonchev–Trinajstić information content (AvgIpc) is 2.50. The second-order valence-corrected chi connectivity index (χ2v) is 9.72. The van der Waals surface area contributed by atoms with Gasteiger partial charge in [-0.25, -0.2) is 8.42 Å². The lowest BCUT2D eigenvalue weighted by Crippen LogP contribution is -2.48. The van der Waals surface area contributed by atoms with E-state index in [9.17, 15) is 13.2 Å². The van der Waals surface area contributed by atoms with Crippen molar-refractivity contribution in [2.45, 2.75) is 57.1 Å². The van der Waals surface area contributed by atoms with Gasteiger partial charge in [0.15, 0.2) is 9.84 Å². The summed E-state index contributed by atoms with van der Waals surface area (Å²) in [5, 5.41) is 2.38. The summed E-state index contributed by atoms with van der Waals surface area (Å²) in [4.78, 5) is 12.5. The van der Waals surface area contributed by atoms with Gasteiger partial charge in [-0.3, -0.25) is 4.79 Å². The minimum Gasteiger partial charge on any atom is -0.352 e. The maximum atomic E-state index is 12.5. The third-order valence-electron chi connectivity index (χ3n) is 5.20. The van der Waals surface area contributed by atoms with Crippen LogP contribution in [0.1, 0.15) is 45.6 Å². The molecule has 4 unspecified atom stereocenters. The number of carbonyl (C=O) groups excluding carboxylic acids is 1. The number of sulfone groups is 1. The van der Waals surface area contributed by atoms with Gasteiger partial charge in [0.05, 0.1) is 5.75 Å². The van der Waals surface area contributed by atoms with Gasteiger partial charge in [-0.2, -0.15) is 0 Å². The van der Waals surface area contributed by atoms with Gasteiger partial charge in [-0.15, -0.1) is 0 Å². The normalized spacial score (nSPS) is 25.9. The fourth-order valence-electron chi connectivity index (χ4n) is 3.23. The molecular weight excluding hydrogens is 346 g/mol. The summed E-state index contributed by atoms with van der Waals surface area (Å²) >= 11 is 5.90. The summed E-state index contributed by atoms with van der Waals surface area (Å²) in [6.45, 7) is 5.77. The van der Waals surface area contributed by atoms with Crippen LogP contribution in [0.3, 0.4) is 0 Å². The Labute approximate surface area is 149 Å². The zero-order valence-electron chi connectivity index (χ0n) is 14.5. The van der Waals surface area contributed by atoms with E-state index < -0.39 is 21.0 Å². The van der Waals surface area contributed by atoms with Crippen LogP contribution in [-0.4, -0.2) is 25.6 Å². The van der Waals surface area contributed by atoms with Crippen LogP contribution >= 0.6 is 11.6 Å². The van der Waals surface area contributed by atoms with Crippen molar-refractivity contribution in [3.05, 3.63) is 34.9 Å². The molecule has 1 aliphatic rings. The van der Waals surface area contributed by atoms with Crippen molar-refractivity contribution in [2.24, 2.45) is 11.8 Å². The predicted molar refractivity (Wildman–Crippen MR) is 97.6 cm³/mol. The van der Waals surface area contributed by atoms with Crippen molar-refractivity contribution in [3.63, 3.8) is 0 Å². The number of amides is 1. The lowest BCUT2D eigenvalue weighted by molar-refractivity contribution is -0.121. The highest BCUT2D eigenvalue weighted by molar-refractivity contribution is 7.92. The summed E-state index contributed by atoms with van der Waals surface area (Å²) in [5.74, 6) is 0.328. The van der Waals surface area contributed by atoms with E-state index in [1.54, 1.807) is 24.3 Å². The van der Waals surface area contributed by atoms with Crippen LogP contribution in [-0.2, 0) is 20.4 Å². The van der Waals surface area contributed by atoms with E-state index in [2.05, 4.69) is 19.2 Å². The zero-order valence-corrected chi connectivity index (χ0v) is 16.0. The van der Waals surface area contributed by atoms with Crippen LogP contribution in [0.5, 0.6) is 0 Å². The van der Waals surface area contributed by atoms with Crippen molar-refractivity contribution in [1.29, 1.82) is 0 Å². The predicted octanol–water partition coefficient (Wildman–Crippen LogP) is 3.58. The van der Waals surface area contributed by atoms with Crippen LogP contribution in [0, 0.1) is 11.8 Å². The first-order chi connectivity index (χ1) is 11.2. The molecule has 1 aromatic rings. The molecule has 24 heavy (non-hydrogen) atoms. The van der Waals surface area contributed by atoms with Crippen molar-refractivity contribution < 1.29 is 13.2 Å². The third-order valence-corrected chi connectivity index (χ3v) is 7.46. The maximum absolute atomic E-state index is 12.5. The molecular formula is C18H26ClNO3S. The largest absolute Gasteiger partial charge is 0.352 e. The molecule has 4 atom stereocenters. The second-order valence-electron chi connectivity index (χ2n) is 6.96. The Morgan fingerprint density at radius 2 is 2.04 bits per heavy atom. The Morgan fingerprint density at radius 1 is 1.33 bits per heavy atom. The van der Waals surface area contributed by atoms with E-state index in [1.807, 2.05) is 0 Å². The topological polar surface area (TPSA) is 63.2 Å². The fourth-order valence-corrected chi connectivity index (χ4v) is 4.73. The summed E-state index contributed by atoms with van der Waals surface area (Å²) < 4.78 is 25.1. The average molecular weight is 372 g/mol. The van der Waals surface area contributed by atoms with E-state index in [4.69, 9.17) is 11.6 Å². The first-order valence-corrected chi connectivity index (χ1v) is 10.6. The fraction of sp³-hybridized carbons (Fsp3) is 0.611. The second kappa shape index (κ2) is 7.87. The van der Waals surface area contributed by atoms with Gasteiger partial charge in [0, 0.05) is 11.1 Å². The monoisotopic (exact) mass is 371 g/mol. The van der Waals surface area contributed by atoms with E-state index in [0.717, 1.165) is 19.3 Å². The number of hydrogen-bond acceptors (Lipinski definition) is 3. The molecule has 0 aliphatic heterocycles. The summed E-state index contributed by atoms with van der Waals surface area (Å²) in [6, 6.07) is 6.79. The van der Waals surface area contributed by atoms with Crippen LogP contribution in [0.2, 0.25) is 5.02 Å². The molecule has 1 fully saturated rings. The smallest absolute Gasteiger partial charge is 0.238 e. The van der Waals surface area contributed by atoms with Crippen LogP contribution in [0.25, 0.3) is 0 Å². The highest BCUT2D eigenvalue weighted by atomic mass is 35.5. The number of benzene rings is 1. The molecule has 1 saturated carbocycles. The van der Waals surface area contributed by atoms with Gasteiger partial charge >= 0.3 is 0 Å². The minimum absolute atomic E-state index is 0.0602. The molecule has 0 spiro atoms. The van der Waals surface area contributed by atoms with E-state index >= 15 is 0 Å². The third kappa shape index (κ3) is 4.73. The lowest BCUT2D eigenvalue weighted by atomic mass is 9.78. The zero-order chi connectivity index (χ0) is 17.9. The molecule has 4 nitrogen and oxygen atoms in total. The minimum atomic E-state index is -3.58. The molecule has 1 N–H and O–H groups in total. The molecule has 0 heterocycles. The molecule has 0 radical (unpaired) electrons. The molecule has 134 valence electrons. The van der Waals surface area contributed by atoms with Gasteiger partial charge in [0.25, 0.3) is 0 Å². The summed E-state index contributed by atoms with van der Waals surface area (Å²) in [7, 11) is -3.58. The molecule has 0 bridgehead atoms. The summed E-state index contributed by atoms with van der Waals surface area (Å²) in [5.41, 5.74) is 0.599. The van der Waals surface area contributed by atoms with Crippen molar-refractivity contribution >= 4 is 27.3 Å². The Hall–Kier alpha value is -1.07. The molecule has 0 saturated heterocycles. The van der Waals surface area contributed by atoms with Gasteiger partial charge in [0.2, 0.25) is 5.91 Å². The number of rotatable bonds is 5. The van der Waals surface area contributed by atoms with E-state index in [0.29, 0.717) is 22.4 Å². The van der Waals surface area contributed by atoms with Crippen molar-refractivity contribution in [2.75, 3.05) is 0 Å². The highest BCUT2D eigenvalue weighted by Crippen LogP contribution is 2.29. The van der Waals surface area contributed by atoms with Gasteiger partial charge in [-0.1, -0.05) is 50.4 Å². The Kier molecular flexibility index (Phi) is 6.32. The van der Waals surface area contributed by atoms with Crippen molar-refractivity contribution in [1.82, 2.24) is 5.32 Å². The number of carbonyl (C=O) groups is 1. The van der Waals surface area contributed by atoms with Crippen molar-refractivity contribution in [3.8, 4) is 0 Å². The molecule has 1 aliphatic carbocycles. The Bertz CT molecular complexity index is 689. The molecule has 6 heteroatoms. The Balaban J connectivity index is 2.03. The standard InChI is InChI=1S/C18H26ClNO3S/c1-12-6-4-9-17(13(12)2)20-18(21)14(3)24(22,23)11-15-7-5-8-16(19)10-15/h5,7-8,10,12-14,17H,4,6,9,11H2,1-3H3,(H,20,21). The molecule has 2 rings (SSSR count). The molecule has 0 aromatic heterocycles. The quantitative estimate of drug-likeness (QED) is 0.860. The van der Waals surface area contributed by atoms with E-state index in [-0.39, 0.29) is 11.8 Å². The lowest BCUT2D eigenvalue weighted by Gasteiger charge is -2.35. The summed E-state index contributed by atoms with van der Waals surface area (Å²) in [6.07, 6.45) is 3.15. The van der Waals surface area contributed by atoms with Gasteiger partial charge < -0.3 is 5.32 Å². The maximum Gasteiger partial charge on any atom is 0.238 e. The van der Waals surface area contributed by atoms with Crippen LogP contribution in [0.15, 0.2) is 24.3 Å².